The molecule has 0 aliphatic carbocycles. The summed E-state index contributed by atoms with van der Waals surface area (Å²) in [4.78, 5) is 18.7. The first-order valence-electron chi connectivity index (χ1n) is 9.11. The van der Waals surface area contributed by atoms with E-state index in [1.54, 1.807) is 12.4 Å². The third-order valence-electron chi connectivity index (χ3n) is 5.48. The van der Waals surface area contributed by atoms with Gasteiger partial charge in [-0.3, -0.25) is 9.78 Å². The molecule has 2 atom stereocenters. The Hall–Kier alpha value is -2.24. The summed E-state index contributed by atoms with van der Waals surface area (Å²) in [6.45, 7) is 4.06. The van der Waals surface area contributed by atoms with E-state index in [2.05, 4.69) is 4.98 Å². The van der Waals surface area contributed by atoms with Crippen LogP contribution in [0.4, 0.5) is 0 Å². The molecular formula is C21H24N2O3. The summed E-state index contributed by atoms with van der Waals surface area (Å²) in [6.07, 6.45) is 4.01. The van der Waals surface area contributed by atoms with Crippen molar-refractivity contribution >= 4 is 5.91 Å². The Labute approximate surface area is 153 Å². The predicted octanol–water partition coefficient (Wildman–Crippen LogP) is 2.32. The molecule has 26 heavy (non-hydrogen) atoms. The summed E-state index contributed by atoms with van der Waals surface area (Å²) < 4.78 is 11.7. The van der Waals surface area contributed by atoms with Gasteiger partial charge in [-0.25, -0.2) is 0 Å². The number of carbonyl (C=O) groups is 1. The fourth-order valence-electron chi connectivity index (χ4n) is 3.96. The molecule has 0 unspecified atom stereocenters. The van der Waals surface area contributed by atoms with Gasteiger partial charge in [-0.15, -0.1) is 0 Å². The number of likely N-dealkylation sites (tertiary alicyclic amines) is 1. The molecule has 1 aromatic carbocycles. The first kappa shape index (κ1) is 17.2. The molecule has 2 saturated heterocycles. The maximum atomic E-state index is 12.7. The van der Waals surface area contributed by atoms with Crippen LogP contribution >= 0.6 is 0 Å². The number of benzene rings is 1. The monoisotopic (exact) mass is 352 g/mol. The Morgan fingerprint density at radius 1 is 1.19 bits per heavy atom. The Balaban J connectivity index is 1.36. The number of amides is 1. The topological polar surface area (TPSA) is 51.7 Å². The maximum Gasteiger partial charge on any atom is 0.227 e. The van der Waals surface area contributed by atoms with Gasteiger partial charge in [0.2, 0.25) is 5.91 Å². The maximum absolute atomic E-state index is 12.7. The summed E-state index contributed by atoms with van der Waals surface area (Å²) in [7, 11) is 0. The molecule has 0 radical (unpaired) electrons. The number of ether oxygens (including phenoxy) is 2. The molecule has 5 nitrogen and oxygen atoms in total. The van der Waals surface area contributed by atoms with Crippen molar-refractivity contribution < 1.29 is 14.3 Å². The second-order valence-corrected chi connectivity index (χ2v) is 7.36. The first-order valence-corrected chi connectivity index (χ1v) is 9.11. The second-order valence-electron chi connectivity index (χ2n) is 7.36. The van der Waals surface area contributed by atoms with Crippen molar-refractivity contribution in [2.75, 3.05) is 32.9 Å². The highest BCUT2D eigenvalue weighted by atomic mass is 16.5. The molecule has 136 valence electrons. The van der Waals surface area contributed by atoms with Gasteiger partial charge in [0.1, 0.15) is 0 Å². The second kappa shape index (κ2) is 7.56. The number of hydrogen-bond donors (Lipinski definition) is 0. The number of carbonyl (C=O) groups excluding carboxylic acids is 1. The molecule has 3 heterocycles. The van der Waals surface area contributed by atoms with Crippen LogP contribution in [-0.4, -0.2) is 48.7 Å². The van der Waals surface area contributed by atoms with Crippen LogP contribution in [0.25, 0.3) is 0 Å². The zero-order chi connectivity index (χ0) is 17.8. The highest BCUT2D eigenvalue weighted by Crippen LogP contribution is 2.41. The fourth-order valence-corrected chi connectivity index (χ4v) is 3.96. The SMILES string of the molecule is O=C(Cc1ccccc1)N1C[C@@H]2COC[C@]2(COCc2ccncc2)C1. The zero-order valence-electron chi connectivity index (χ0n) is 14.8. The Kier molecular flexibility index (Phi) is 5.00. The third-order valence-corrected chi connectivity index (χ3v) is 5.48. The number of hydrogen-bond acceptors (Lipinski definition) is 4. The summed E-state index contributed by atoms with van der Waals surface area (Å²) in [5.74, 6) is 0.554. The fraction of sp³-hybridized carbons (Fsp3) is 0.429. The van der Waals surface area contributed by atoms with E-state index in [0.29, 0.717) is 38.8 Å². The molecule has 2 aromatic rings. The van der Waals surface area contributed by atoms with E-state index in [4.69, 9.17) is 9.47 Å². The minimum absolute atomic E-state index is 0.0701. The summed E-state index contributed by atoms with van der Waals surface area (Å²) >= 11 is 0. The van der Waals surface area contributed by atoms with E-state index in [-0.39, 0.29) is 11.3 Å². The van der Waals surface area contributed by atoms with Crippen molar-refractivity contribution in [2.24, 2.45) is 11.3 Å². The van der Waals surface area contributed by atoms with Gasteiger partial charge in [-0.05, 0) is 23.3 Å². The van der Waals surface area contributed by atoms with Crippen molar-refractivity contribution in [3.05, 3.63) is 66.0 Å². The summed E-state index contributed by atoms with van der Waals surface area (Å²) in [5, 5.41) is 0. The lowest BCUT2D eigenvalue weighted by Gasteiger charge is -2.27. The first-order chi connectivity index (χ1) is 12.8. The van der Waals surface area contributed by atoms with Crippen LogP contribution in [0, 0.1) is 11.3 Å². The molecular weight excluding hydrogens is 328 g/mol. The molecule has 1 aromatic heterocycles. The van der Waals surface area contributed by atoms with Gasteiger partial charge in [0.05, 0.1) is 32.8 Å². The van der Waals surface area contributed by atoms with Crippen LogP contribution in [0.5, 0.6) is 0 Å². The zero-order valence-corrected chi connectivity index (χ0v) is 14.8. The van der Waals surface area contributed by atoms with Crippen LogP contribution in [0.2, 0.25) is 0 Å². The van der Waals surface area contributed by atoms with Crippen LogP contribution in [0.15, 0.2) is 54.9 Å². The highest BCUT2D eigenvalue weighted by molar-refractivity contribution is 5.79. The number of aromatic nitrogens is 1. The lowest BCUT2D eigenvalue weighted by Crippen LogP contribution is -2.37. The number of pyridine rings is 1. The average molecular weight is 352 g/mol. The lowest BCUT2D eigenvalue weighted by atomic mass is 9.82. The van der Waals surface area contributed by atoms with E-state index >= 15 is 0 Å². The summed E-state index contributed by atoms with van der Waals surface area (Å²) in [5.41, 5.74) is 2.11. The predicted molar refractivity (Wildman–Crippen MR) is 97.4 cm³/mol. The Morgan fingerprint density at radius 3 is 2.81 bits per heavy atom. The van der Waals surface area contributed by atoms with E-state index in [1.165, 1.54) is 0 Å². The van der Waals surface area contributed by atoms with Gasteiger partial charge in [0, 0.05) is 36.8 Å². The van der Waals surface area contributed by atoms with Crippen LogP contribution < -0.4 is 0 Å². The van der Waals surface area contributed by atoms with Gasteiger partial charge in [0.25, 0.3) is 0 Å². The van der Waals surface area contributed by atoms with Crippen LogP contribution in [0.1, 0.15) is 11.1 Å². The van der Waals surface area contributed by atoms with Gasteiger partial charge < -0.3 is 14.4 Å². The molecule has 1 amide bonds. The van der Waals surface area contributed by atoms with Crippen molar-refractivity contribution in [1.82, 2.24) is 9.88 Å². The highest BCUT2D eigenvalue weighted by Gasteiger charge is 2.51. The van der Waals surface area contributed by atoms with E-state index in [9.17, 15) is 4.79 Å². The minimum Gasteiger partial charge on any atom is -0.380 e. The van der Waals surface area contributed by atoms with Crippen LogP contribution in [-0.2, 0) is 27.3 Å². The molecule has 2 aliphatic heterocycles. The van der Waals surface area contributed by atoms with Crippen LogP contribution in [0.3, 0.4) is 0 Å². The largest absolute Gasteiger partial charge is 0.380 e. The van der Waals surface area contributed by atoms with Gasteiger partial charge in [0.15, 0.2) is 0 Å². The Morgan fingerprint density at radius 2 is 2.00 bits per heavy atom. The molecule has 2 fully saturated rings. The van der Waals surface area contributed by atoms with E-state index in [0.717, 1.165) is 24.2 Å². The number of fused-ring (bicyclic) bond motifs is 1. The normalized spacial score (nSPS) is 24.6. The molecule has 0 bridgehead atoms. The number of rotatable bonds is 6. The minimum atomic E-state index is -0.0701. The molecule has 0 spiro atoms. The molecule has 0 N–H and O–H groups in total. The summed E-state index contributed by atoms with van der Waals surface area (Å²) in [6, 6.07) is 13.9. The van der Waals surface area contributed by atoms with Gasteiger partial charge in [-0.1, -0.05) is 30.3 Å². The molecule has 0 saturated carbocycles. The molecule has 4 rings (SSSR count). The van der Waals surface area contributed by atoms with Crippen molar-refractivity contribution in [3.63, 3.8) is 0 Å². The van der Waals surface area contributed by atoms with Crippen molar-refractivity contribution in [3.8, 4) is 0 Å². The van der Waals surface area contributed by atoms with Crippen molar-refractivity contribution in [2.45, 2.75) is 13.0 Å². The average Bonchev–Trinajstić information content (AvgIpc) is 3.21. The number of nitrogens with zero attached hydrogens (tertiary/aromatic N) is 2. The quantitative estimate of drug-likeness (QED) is 0.801. The van der Waals surface area contributed by atoms with Gasteiger partial charge in [-0.2, -0.15) is 0 Å². The molecule has 2 aliphatic rings. The lowest BCUT2D eigenvalue weighted by molar-refractivity contribution is -0.130. The smallest absolute Gasteiger partial charge is 0.227 e. The molecule has 5 heteroatoms. The van der Waals surface area contributed by atoms with E-state index in [1.807, 2.05) is 47.4 Å². The third kappa shape index (κ3) is 3.64. The van der Waals surface area contributed by atoms with Gasteiger partial charge >= 0.3 is 0 Å². The van der Waals surface area contributed by atoms with E-state index < -0.39 is 0 Å². The standard InChI is InChI=1S/C21H24N2O3/c24-20(10-17-4-2-1-3-5-17)23-11-19-13-26-16-21(19,14-23)15-25-12-18-6-8-22-9-7-18/h1-9,19H,10-16H2/t19-,21-/m1/s1. The Bertz CT molecular complexity index is 737. The van der Waals surface area contributed by atoms with Crippen molar-refractivity contribution in [1.29, 1.82) is 0 Å².